The molecule has 3 heteroatoms. The number of likely N-dealkylation sites (tertiary alicyclic amines) is 1. The third-order valence-corrected chi connectivity index (χ3v) is 2.76. The van der Waals surface area contributed by atoms with Gasteiger partial charge in [0.25, 0.3) is 0 Å². The number of hydrogen-bond donors (Lipinski definition) is 1. The van der Waals surface area contributed by atoms with E-state index in [1.807, 2.05) is 24.4 Å². The first-order valence-electron chi connectivity index (χ1n) is 5.06. The lowest BCUT2D eigenvalue weighted by molar-refractivity contribution is 0.147. The van der Waals surface area contributed by atoms with E-state index < -0.39 is 0 Å². The van der Waals surface area contributed by atoms with Crippen molar-refractivity contribution in [2.75, 3.05) is 13.1 Å². The molecule has 0 radical (unpaired) electrons. The summed E-state index contributed by atoms with van der Waals surface area (Å²) in [5.41, 5.74) is 1.08. The van der Waals surface area contributed by atoms with Crippen molar-refractivity contribution in [3.63, 3.8) is 0 Å². The third-order valence-electron chi connectivity index (χ3n) is 2.76. The molecule has 1 aromatic rings. The molecule has 2 unspecified atom stereocenters. The lowest BCUT2D eigenvalue weighted by Crippen LogP contribution is -2.21. The highest BCUT2D eigenvalue weighted by molar-refractivity contribution is 5.03. The van der Waals surface area contributed by atoms with Crippen molar-refractivity contribution in [1.29, 1.82) is 0 Å². The van der Waals surface area contributed by atoms with Crippen molar-refractivity contribution >= 4 is 0 Å². The second-order valence-electron chi connectivity index (χ2n) is 4.06. The molecule has 0 aliphatic carbocycles. The SMILES string of the molecule is CC1CN(Cc2ccccn2)CC1O. The molecule has 1 fully saturated rings. The van der Waals surface area contributed by atoms with E-state index in [0.29, 0.717) is 5.92 Å². The van der Waals surface area contributed by atoms with Crippen LogP contribution >= 0.6 is 0 Å². The van der Waals surface area contributed by atoms with Crippen molar-refractivity contribution < 1.29 is 5.11 Å². The van der Waals surface area contributed by atoms with Crippen LogP contribution in [0.2, 0.25) is 0 Å². The molecule has 76 valence electrons. The van der Waals surface area contributed by atoms with Crippen molar-refractivity contribution in [2.24, 2.45) is 5.92 Å². The third kappa shape index (κ3) is 2.11. The van der Waals surface area contributed by atoms with Crippen LogP contribution in [0, 0.1) is 5.92 Å². The topological polar surface area (TPSA) is 36.4 Å². The van der Waals surface area contributed by atoms with Gasteiger partial charge in [-0.3, -0.25) is 9.88 Å². The second kappa shape index (κ2) is 4.07. The first-order valence-corrected chi connectivity index (χ1v) is 5.06. The zero-order valence-corrected chi connectivity index (χ0v) is 8.43. The zero-order chi connectivity index (χ0) is 9.97. The predicted octanol–water partition coefficient (Wildman–Crippen LogP) is 0.894. The summed E-state index contributed by atoms with van der Waals surface area (Å²) < 4.78 is 0. The molecular formula is C11H16N2O. The van der Waals surface area contributed by atoms with Crippen LogP contribution in [0.5, 0.6) is 0 Å². The van der Waals surface area contributed by atoms with Gasteiger partial charge in [-0.1, -0.05) is 13.0 Å². The molecule has 2 rings (SSSR count). The lowest BCUT2D eigenvalue weighted by atomic mass is 10.1. The van der Waals surface area contributed by atoms with Gasteiger partial charge in [-0.15, -0.1) is 0 Å². The van der Waals surface area contributed by atoms with Crippen LogP contribution in [0.15, 0.2) is 24.4 Å². The summed E-state index contributed by atoms with van der Waals surface area (Å²) in [5.74, 6) is 0.388. The first kappa shape index (κ1) is 9.62. The Morgan fingerprint density at radius 2 is 2.36 bits per heavy atom. The monoisotopic (exact) mass is 192 g/mol. The van der Waals surface area contributed by atoms with Crippen molar-refractivity contribution in [3.05, 3.63) is 30.1 Å². The highest BCUT2D eigenvalue weighted by atomic mass is 16.3. The summed E-state index contributed by atoms with van der Waals surface area (Å²) in [7, 11) is 0. The van der Waals surface area contributed by atoms with Crippen LogP contribution in [0.25, 0.3) is 0 Å². The molecule has 14 heavy (non-hydrogen) atoms. The fourth-order valence-electron chi connectivity index (χ4n) is 1.90. The van der Waals surface area contributed by atoms with Gasteiger partial charge in [-0.2, -0.15) is 0 Å². The number of β-amino-alcohol motifs (C(OH)–C–C–N with tert-alkyl or cyclic N) is 1. The molecule has 0 amide bonds. The molecule has 1 saturated heterocycles. The van der Waals surface area contributed by atoms with Gasteiger partial charge in [0.2, 0.25) is 0 Å². The summed E-state index contributed by atoms with van der Waals surface area (Å²) in [4.78, 5) is 6.52. The van der Waals surface area contributed by atoms with Crippen LogP contribution in [0.3, 0.4) is 0 Å². The Kier molecular flexibility index (Phi) is 2.79. The Labute approximate surface area is 84.4 Å². The molecule has 0 spiro atoms. The fourth-order valence-corrected chi connectivity index (χ4v) is 1.90. The van der Waals surface area contributed by atoms with Gasteiger partial charge in [0.05, 0.1) is 11.8 Å². The molecule has 3 nitrogen and oxygen atoms in total. The largest absolute Gasteiger partial charge is 0.391 e. The maximum absolute atomic E-state index is 9.58. The standard InChI is InChI=1S/C11H16N2O/c1-9-6-13(8-11(9)14)7-10-4-2-3-5-12-10/h2-5,9,11,14H,6-8H2,1H3. The maximum Gasteiger partial charge on any atom is 0.0704 e. The van der Waals surface area contributed by atoms with Crippen LogP contribution in [0.4, 0.5) is 0 Å². The van der Waals surface area contributed by atoms with Crippen LogP contribution in [-0.2, 0) is 6.54 Å². The van der Waals surface area contributed by atoms with E-state index in [9.17, 15) is 5.11 Å². The summed E-state index contributed by atoms with van der Waals surface area (Å²) in [6.45, 7) is 4.68. The van der Waals surface area contributed by atoms with Crippen LogP contribution in [-0.4, -0.2) is 34.2 Å². The second-order valence-corrected chi connectivity index (χ2v) is 4.06. The Bertz CT molecular complexity index is 279. The average molecular weight is 192 g/mol. The Morgan fingerprint density at radius 3 is 2.93 bits per heavy atom. The normalized spacial score (nSPS) is 28.1. The van der Waals surface area contributed by atoms with Gasteiger partial charge >= 0.3 is 0 Å². The van der Waals surface area contributed by atoms with E-state index in [1.54, 1.807) is 0 Å². The number of aliphatic hydroxyl groups excluding tert-OH is 1. The predicted molar refractivity (Wildman–Crippen MR) is 54.7 cm³/mol. The van der Waals surface area contributed by atoms with E-state index in [4.69, 9.17) is 0 Å². The molecule has 1 aliphatic heterocycles. The number of aromatic nitrogens is 1. The van der Waals surface area contributed by atoms with Crippen molar-refractivity contribution in [2.45, 2.75) is 19.6 Å². The number of rotatable bonds is 2. The Hall–Kier alpha value is -0.930. The van der Waals surface area contributed by atoms with Gasteiger partial charge in [0.15, 0.2) is 0 Å². The van der Waals surface area contributed by atoms with Gasteiger partial charge in [0, 0.05) is 25.8 Å². The molecule has 0 bridgehead atoms. The van der Waals surface area contributed by atoms with E-state index in [1.165, 1.54) is 0 Å². The summed E-state index contributed by atoms with van der Waals surface area (Å²) in [6, 6.07) is 5.94. The molecule has 1 aromatic heterocycles. The fraction of sp³-hybridized carbons (Fsp3) is 0.545. The van der Waals surface area contributed by atoms with Gasteiger partial charge < -0.3 is 5.11 Å². The molecule has 1 aliphatic rings. The maximum atomic E-state index is 9.58. The minimum Gasteiger partial charge on any atom is -0.391 e. The molecular weight excluding hydrogens is 176 g/mol. The molecule has 2 atom stereocenters. The minimum absolute atomic E-state index is 0.168. The number of pyridine rings is 1. The molecule has 1 N–H and O–H groups in total. The van der Waals surface area contributed by atoms with E-state index in [2.05, 4.69) is 16.8 Å². The summed E-state index contributed by atoms with van der Waals surface area (Å²) in [5, 5.41) is 9.58. The smallest absolute Gasteiger partial charge is 0.0704 e. The summed E-state index contributed by atoms with van der Waals surface area (Å²) in [6.07, 6.45) is 1.64. The van der Waals surface area contributed by atoms with E-state index >= 15 is 0 Å². The molecule has 0 saturated carbocycles. The van der Waals surface area contributed by atoms with E-state index in [-0.39, 0.29) is 6.10 Å². The highest BCUT2D eigenvalue weighted by Crippen LogP contribution is 2.17. The van der Waals surface area contributed by atoms with Crippen molar-refractivity contribution in [1.82, 2.24) is 9.88 Å². The number of nitrogens with zero attached hydrogens (tertiary/aromatic N) is 2. The Balaban J connectivity index is 1.94. The quantitative estimate of drug-likeness (QED) is 0.756. The number of hydrogen-bond acceptors (Lipinski definition) is 3. The van der Waals surface area contributed by atoms with Gasteiger partial charge in [-0.25, -0.2) is 0 Å². The minimum atomic E-state index is -0.168. The number of aliphatic hydroxyl groups is 1. The Morgan fingerprint density at radius 1 is 1.50 bits per heavy atom. The van der Waals surface area contributed by atoms with Crippen molar-refractivity contribution in [3.8, 4) is 0 Å². The lowest BCUT2D eigenvalue weighted by Gasteiger charge is -2.13. The average Bonchev–Trinajstić information content (AvgIpc) is 2.47. The summed E-state index contributed by atoms with van der Waals surface area (Å²) >= 11 is 0. The van der Waals surface area contributed by atoms with Crippen LogP contribution < -0.4 is 0 Å². The zero-order valence-electron chi connectivity index (χ0n) is 8.43. The molecule has 2 heterocycles. The van der Waals surface area contributed by atoms with E-state index in [0.717, 1.165) is 25.3 Å². The molecule has 0 aromatic carbocycles. The highest BCUT2D eigenvalue weighted by Gasteiger charge is 2.27. The van der Waals surface area contributed by atoms with Crippen LogP contribution in [0.1, 0.15) is 12.6 Å². The first-order chi connectivity index (χ1) is 6.75. The van der Waals surface area contributed by atoms with Gasteiger partial charge in [0.1, 0.15) is 0 Å². The van der Waals surface area contributed by atoms with Gasteiger partial charge in [-0.05, 0) is 18.1 Å².